The predicted octanol–water partition coefficient (Wildman–Crippen LogP) is 4.84. The highest BCUT2D eigenvalue weighted by Crippen LogP contribution is 2.34. The van der Waals surface area contributed by atoms with Crippen LogP contribution in [0.15, 0.2) is 70.5 Å². The quantitative estimate of drug-likeness (QED) is 0.311. The standard InChI is InChI=1S/C27H25ClFN3O4S/c1-15-10-16(2)12-20(11-15)37(35,36)25-21-13-19(28)8-9-23(21)32-24(25)27(34)31-17(3)26(33)30-14-18-6-4-5-7-22(18)29/h4-13,17,32H,14H2,1-3H3,(H,30,33)(H,31,34). The third-order valence-electron chi connectivity index (χ3n) is 5.87. The monoisotopic (exact) mass is 541 g/mol. The number of nitrogens with one attached hydrogen (secondary N) is 3. The van der Waals surface area contributed by atoms with Crippen LogP contribution in [0.5, 0.6) is 0 Å². The summed E-state index contributed by atoms with van der Waals surface area (Å²) in [5.41, 5.74) is 1.98. The lowest BCUT2D eigenvalue weighted by atomic mass is 10.2. The first-order valence-electron chi connectivity index (χ1n) is 11.4. The summed E-state index contributed by atoms with van der Waals surface area (Å²) in [5.74, 6) is -1.81. The number of aryl methyl sites for hydroxylation is 2. The molecule has 0 aliphatic heterocycles. The number of aromatic nitrogens is 1. The van der Waals surface area contributed by atoms with Crippen LogP contribution in [0.25, 0.3) is 10.9 Å². The second kappa shape index (κ2) is 10.4. The van der Waals surface area contributed by atoms with E-state index in [0.717, 1.165) is 11.1 Å². The molecule has 0 spiro atoms. The molecule has 1 aromatic heterocycles. The van der Waals surface area contributed by atoms with E-state index in [4.69, 9.17) is 11.6 Å². The summed E-state index contributed by atoms with van der Waals surface area (Å²) in [6.45, 7) is 4.95. The number of hydrogen-bond acceptors (Lipinski definition) is 4. The first-order chi connectivity index (χ1) is 17.5. The number of halogens is 2. The number of aromatic amines is 1. The lowest BCUT2D eigenvalue weighted by molar-refractivity contribution is -0.122. The zero-order valence-electron chi connectivity index (χ0n) is 20.4. The predicted molar refractivity (Wildman–Crippen MR) is 140 cm³/mol. The third-order valence-corrected chi connectivity index (χ3v) is 7.92. The zero-order valence-corrected chi connectivity index (χ0v) is 21.9. The SMILES string of the molecule is Cc1cc(C)cc(S(=O)(=O)c2c(C(=O)NC(C)C(=O)NCc3ccccc3F)[nH]c3ccc(Cl)cc23)c1. The Morgan fingerprint density at radius 1 is 1.03 bits per heavy atom. The molecule has 7 nitrogen and oxygen atoms in total. The summed E-state index contributed by atoms with van der Waals surface area (Å²) in [6, 6.07) is 14.5. The van der Waals surface area contributed by atoms with Crippen molar-refractivity contribution in [3.05, 3.63) is 93.9 Å². The highest BCUT2D eigenvalue weighted by molar-refractivity contribution is 7.91. The van der Waals surface area contributed by atoms with Crippen molar-refractivity contribution in [3.63, 3.8) is 0 Å². The van der Waals surface area contributed by atoms with E-state index in [0.29, 0.717) is 16.1 Å². The van der Waals surface area contributed by atoms with Gasteiger partial charge in [-0.2, -0.15) is 0 Å². The third kappa shape index (κ3) is 5.52. The van der Waals surface area contributed by atoms with Gasteiger partial charge < -0.3 is 15.6 Å². The molecule has 2 amide bonds. The first kappa shape index (κ1) is 26.4. The molecule has 1 unspecified atom stereocenters. The highest BCUT2D eigenvalue weighted by atomic mass is 35.5. The van der Waals surface area contributed by atoms with Gasteiger partial charge in [-0.05, 0) is 68.3 Å². The topological polar surface area (TPSA) is 108 Å². The van der Waals surface area contributed by atoms with Crippen molar-refractivity contribution in [2.75, 3.05) is 0 Å². The molecule has 0 radical (unpaired) electrons. The van der Waals surface area contributed by atoms with Gasteiger partial charge in [0.15, 0.2) is 0 Å². The number of H-pyrrole nitrogens is 1. The Balaban J connectivity index is 1.67. The number of rotatable bonds is 7. The molecule has 1 heterocycles. The zero-order chi connectivity index (χ0) is 26.9. The summed E-state index contributed by atoms with van der Waals surface area (Å²) in [6.07, 6.45) is 0. The Hall–Kier alpha value is -3.69. The van der Waals surface area contributed by atoms with Crippen LogP contribution in [0.2, 0.25) is 5.02 Å². The van der Waals surface area contributed by atoms with Gasteiger partial charge in [0.05, 0.1) is 4.90 Å². The molecule has 37 heavy (non-hydrogen) atoms. The van der Waals surface area contributed by atoms with E-state index >= 15 is 0 Å². The lowest BCUT2D eigenvalue weighted by Crippen LogP contribution is -2.45. The van der Waals surface area contributed by atoms with E-state index < -0.39 is 33.5 Å². The molecule has 0 saturated carbocycles. The lowest BCUT2D eigenvalue weighted by Gasteiger charge is -2.15. The molecule has 4 rings (SSSR count). The van der Waals surface area contributed by atoms with E-state index in [1.54, 1.807) is 44.2 Å². The fraction of sp³-hybridized carbons (Fsp3) is 0.185. The molecular weight excluding hydrogens is 517 g/mol. The summed E-state index contributed by atoms with van der Waals surface area (Å²) < 4.78 is 41.5. The van der Waals surface area contributed by atoms with Crippen molar-refractivity contribution in [1.82, 2.24) is 15.6 Å². The maximum Gasteiger partial charge on any atom is 0.269 e. The Morgan fingerprint density at radius 3 is 2.38 bits per heavy atom. The van der Waals surface area contributed by atoms with Gasteiger partial charge in [0.1, 0.15) is 22.4 Å². The van der Waals surface area contributed by atoms with E-state index in [-0.39, 0.29) is 27.4 Å². The maximum absolute atomic E-state index is 13.9. The van der Waals surface area contributed by atoms with Crippen molar-refractivity contribution in [2.24, 2.45) is 0 Å². The summed E-state index contributed by atoms with van der Waals surface area (Å²) >= 11 is 6.16. The molecule has 0 aliphatic rings. The van der Waals surface area contributed by atoms with Crippen LogP contribution in [0.3, 0.4) is 0 Å². The highest BCUT2D eigenvalue weighted by Gasteiger charge is 2.31. The van der Waals surface area contributed by atoms with Crippen LogP contribution < -0.4 is 10.6 Å². The molecular formula is C27H25ClFN3O4S. The van der Waals surface area contributed by atoms with Crippen molar-refractivity contribution in [1.29, 1.82) is 0 Å². The van der Waals surface area contributed by atoms with Crippen molar-refractivity contribution in [2.45, 2.75) is 43.1 Å². The van der Waals surface area contributed by atoms with E-state index in [2.05, 4.69) is 15.6 Å². The van der Waals surface area contributed by atoms with Gasteiger partial charge in [-0.25, -0.2) is 12.8 Å². The molecule has 3 N–H and O–H groups in total. The number of sulfone groups is 1. The number of hydrogen-bond donors (Lipinski definition) is 3. The Bertz CT molecular complexity index is 1610. The van der Waals surface area contributed by atoms with Crippen molar-refractivity contribution in [3.8, 4) is 0 Å². The second-order valence-electron chi connectivity index (χ2n) is 8.85. The minimum Gasteiger partial charge on any atom is -0.350 e. The largest absolute Gasteiger partial charge is 0.350 e. The minimum atomic E-state index is -4.16. The van der Waals surface area contributed by atoms with Crippen LogP contribution >= 0.6 is 11.6 Å². The van der Waals surface area contributed by atoms with Gasteiger partial charge in [-0.1, -0.05) is 35.9 Å². The van der Waals surface area contributed by atoms with E-state index in [1.165, 1.54) is 31.2 Å². The van der Waals surface area contributed by atoms with E-state index in [9.17, 15) is 22.4 Å². The molecule has 4 aromatic rings. The van der Waals surface area contributed by atoms with Crippen LogP contribution in [-0.2, 0) is 21.2 Å². The molecule has 0 bridgehead atoms. The fourth-order valence-corrected chi connectivity index (χ4v) is 6.06. The maximum atomic E-state index is 13.9. The number of benzene rings is 3. The molecule has 3 aromatic carbocycles. The van der Waals surface area contributed by atoms with Gasteiger partial charge in [0, 0.05) is 28.0 Å². The van der Waals surface area contributed by atoms with Crippen molar-refractivity contribution < 1.29 is 22.4 Å². The smallest absolute Gasteiger partial charge is 0.269 e. The van der Waals surface area contributed by atoms with Crippen LogP contribution in [-0.4, -0.2) is 31.3 Å². The van der Waals surface area contributed by atoms with E-state index in [1.807, 2.05) is 6.07 Å². The molecule has 0 fully saturated rings. The number of amides is 2. The van der Waals surface area contributed by atoms with Gasteiger partial charge in [0.25, 0.3) is 5.91 Å². The molecule has 1 atom stereocenters. The average molecular weight is 542 g/mol. The van der Waals surface area contributed by atoms with Gasteiger partial charge in [0.2, 0.25) is 15.7 Å². The Kier molecular flexibility index (Phi) is 7.38. The first-order valence-corrected chi connectivity index (χ1v) is 13.3. The van der Waals surface area contributed by atoms with Gasteiger partial charge in [-0.15, -0.1) is 0 Å². The van der Waals surface area contributed by atoms with Gasteiger partial charge >= 0.3 is 0 Å². The molecule has 0 saturated heterocycles. The number of carbonyl (C=O) groups excluding carboxylic acids is 2. The average Bonchev–Trinajstić information content (AvgIpc) is 3.22. The van der Waals surface area contributed by atoms with Crippen LogP contribution in [0, 0.1) is 19.7 Å². The van der Waals surface area contributed by atoms with Crippen LogP contribution in [0.4, 0.5) is 4.39 Å². The summed E-state index contributed by atoms with van der Waals surface area (Å²) in [5, 5.41) is 5.67. The molecule has 10 heteroatoms. The fourth-order valence-electron chi connectivity index (χ4n) is 4.10. The van der Waals surface area contributed by atoms with Gasteiger partial charge in [-0.3, -0.25) is 9.59 Å². The molecule has 0 aliphatic carbocycles. The number of fused-ring (bicyclic) bond motifs is 1. The van der Waals surface area contributed by atoms with Crippen molar-refractivity contribution >= 4 is 44.2 Å². The summed E-state index contributed by atoms with van der Waals surface area (Å²) in [4.78, 5) is 28.6. The van der Waals surface area contributed by atoms with Crippen LogP contribution in [0.1, 0.15) is 34.1 Å². The Morgan fingerprint density at radius 2 is 1.70 bits per heavy atom. The normalized spacial score (nSPS) is 12.4. The minimum absolute atomic E-state index is 0.0376. The summed E-state index contributed by atoms with van der Waals surface area (Å²) in [7, 11) is -4.16. The Labute approximate surface area is 219 Å². The molecule has 192 valence electrons. The second-order valence-corrected chi connectivity index (χ2v) is 11.2. The number of carbonyl (C=O) groups is 2.